The molecule has 5 rings (SSSR count). The number of benzene rings is 2. The van der Waals surface area contributed by atoms with Crippen molar-refractivity contribution < 1.29 is 13.2 Å². The molecular weight excluding hydrogens is 480 g/mol. The van der Waals surface area contributed by atoms with E-state index in [4.69, 9.17) is 4.98 Å². The number of anilines is 1. The number of aromatic nitrogens is 4. The number of para-hydroxylation sites is 2. The quantitative estimate of drug-likeness (QED) is 0.425. The summed E-state index contributed by atoms with van der Waals surface area (Å²) >= 11 is 0. The Morgan fingerprint density at radius 2 is 1.81 bits per heavy atom. The van der Waals surface area contributed by atoms with Gasteiger partial charge in [0.2, 0.25) is 5.95 Å². The van der Waals surface area contributed by atoms with E-state index >= 15 is 0 Å². The monoisotopic (exact) mass is 506 g/mol. The summed E-state index contributed by atoms with van der Waals surface area (Å²) in [5, 5.41) is 3.21. The number of hydrogen-bond donors (Lipinski definition) is 2. The van der Waals surface area contributed by atoms with E-state index in [1.165, 1.54) is 16.7 Å². The molecular formula is C25H26N6O4S. The summed E-state index contributed by atoms with van der Waals surface area (Å²) in [6.45, 7) is 4.39. The fraction of sp³-hybridized carbons (Fsp3) is 0.280. The van der Waals surface area contributed by atoms with Crippen LogP contribution in [0, 0.1) is 0 Å². The Bertz CT molecular complexity index is 1600. The van der Waals surface area contributed by atoms with Crippen LogP contribution in [-0.4, -0.2) is 57.6 Å². The van der Waals surface area contributed by atoms with Crippen molar-refractivity contribution in [3.63, 3.8) is 0 Å². The van der Waals surface area contributed by atoms with Crippen molar-refractivity contribution >= 4 is 32.7 Å². The van der Waals surface area contributed by atoms with Crippen LogP contribution in [0.5, 0.6) is 0 Å². The summed E-state index contributed by atoms with van der Waals surface area (Å²) in [4.78, 5) is 40.8. The van der Waals surface area contributed by atoms with Crippen LogP contribution in [-0.2, 0) is 22.8 Å². The predicted octanol–water partition coefficient (Wildman–Crippen LogP) is 2.53. The molecule has 0 saturated carbocycles. The van der Waals surface area contributed by atoms with Crippen LogP contribution in [0.4, 0.5) is 5.95 Å². The maximum Gasteiger partial charge on any atom is 0.290 e. The first-order valence-electron chi connectivity index (χ1n) is 11.6. The second-order valence-electron chi connectivity index (χ2n) is 9.15. The molecule has 0 saturated heterocycles. The van der Waals surface area contributed by atoms with E-state index in [9.17, 15) is 18.0 Å². The minimum Gasteiger partial charge on any atom is -0.353 e. The van der Waals surface area contributed by atoms with Crippen molar-refractivity contribution in [2.24, 2.45) is 0 Å². The second kappa shape index (κ2) is 8.90. The van der Waals surface area contributed by atoms with Gasteiger partial charge in [-0.2, -0.15) is 0 Å². The van der Waals surface area contributed by atoms with Gasteiger partial charge in [0.1, 0.15) is 0 Å². The number of carbonyl (C=O) groups excluding carboxylic acids is 1. The normalized spacial score (nSPS) is 13.7. The van der Waals surface area contributed by atoms with Crippen LogP contribution >= 0.6 is 0 Å². The number of amides is 1. The number of fused-ring (bicyclic) bond motifs is 2. The molecule has 0 atom stereocenters. The van der Waals surface area contributed by atoms with Gasteiger partial charge in [-0.25, -0.2) is 23.0 Å². The summed E-state index contributed by atoms with van der Waals surface area (Å²) in [5.74, 6) is 0.330. The van der Waals surface area contributed by atoms with Gasteiger partial charge in [0.15, 0.2) is 15.7 Å². The molecule has 2 aromatic heterocycles. The molecule has 3 heterocycles. The predicted molar refractivity (Wildman–Crippen MR) is 136 cm³/mol. The molecule has 2 aromatic carbocycles. The number of carbonyl (C=O) groups is 1. The van der Waals surface area contributed by atoms with Crippen LogP contribution in [0.2, 0.25) is 0 Å². The lowest BCUT2D eigenvalue weighted by Gasteiger charge is -2.28. The Kier molecular flexibility index (Phi) is 5.87. The van der Waals surface area contributed by atoms with Crippen molar-refractivity contribution in [3.8, 4) is 5.69 Å². The van der Waals surface area contributed by atoms with Crippen molar-refractivity contribution in [2.75, 3.05) is 18.1 Å². The highest BCUT2D eigenvalue weighted by molar-refractivity contribution is 7.90. The number of sulfone groups is 1. The first kappa shape index (κ1) is 23.7. The number of nitrogens with zero attached hydrogens (tertiary/aromatic N) is 4. The number of hydrogen-bond acceptors (Lipinski definition) is 7. The SMILES string of the molecule is CC(C)Nc1nc2c(c(=O)n1-c1ccc(S(C)(=O)=O)cc1)CCN(C(=O)c1nc3ccccc3[nH]1)C2. The molecule has 1 aliphatic rings. The molecule has 0 bridgehead atoms. The minimum absolute atomic E-state index is 0.0200. The van der Waals surface area contributed by atoms with Gasteiger partial charge in [-0.15, -0.1) is 0 Å². The highest BCUT2D eigenvalue weighted by Crippen LogP contribution is 2.22. The Morgan fingerprint density at radius 1 is 1.08 bits per heavy atom. The van der Waals surface area contributed by atoms with Crippen molar-refractivity contribution in [2.45, 2.75) is 37.8 Å². The van der Waals surface area contributed by atoms with Crippen LogP contribution in [0.15, 0.2) is 58.2 Å². The summed E-state index contributed by atoms with van der Waals surface area (Å²) in [5.41, 5.74) is 2.82. The first-order chi connectivity index (χ1) is 17.1. The van der Waals surface area contributed by atoms with Crippen LogP contribution in [0.3, 0.4) is 0 Å². The van der Waals surface area contributed by atoms with Gasteiger partial charge >= 0.3 is 0 Å². The third-order valence-corrected chi connectivity index (χ3v) is 7.18. The number of nitrogens with one attached hydrogen (secondary N) is 2. The molecule has 0 fully saturated rings. The molecule has 36 heavy (non-hydrogen) atoms. The lowest BCUT2D eigenvalue weighted by atomic mass is 10.1. The van der Waals surface area contributed by atoms with Gasteiger partial charge < -0.3 is 15.2 Å². The minimum atomic E-state index is -3.37. The number of rotatable bonds is 5. The molecule has 11 heteroatoms. The lowest BCUT2D eigenvalue weighted by molar-refractivity contribution is 0.0720. The maximum absolute atomic E-state index is 13.6. The third-order valence-electron chi connectivity index (χ3n) is 6.05. The average Bonchev–Trinajstić information content (AvgIpc) is 3.27. The molecule has 0 radical (unpaired) electrons. The molecule has 1 amide bonds. The molecule has 2 N–H and O–H groups in total. The Morgan fingerprint density at radius 3 is 2.47 bits per heavy atom. The van der Waals surface area contributed by atoms with Gasteiger partial charge in [0.25, 0.3) is 11.5 Å². The molecule has 186 valence electrons. The smallest absolute Gasteiger partial charge is 0.290 e. The van der Waals surface area contributed by atoms with Crippen LogP contribution in [0.25, 0.3) is 16.7 Å². The summed E-state index contributed by atoms with van der Waals surface area (Å²) in [6, 6.07) is 13.6. The topological polar surface area (TPSA) is 130 Å². The van der Waals surface area contributed by atoms with E-state index in [2.05, 4.69) is 15.3 Å². The van der Waals surface area contributed by atoms with E-state index in [1.807, 2.05) is 38.1 Å². The Labute approximate surface area is 207 Å². The lowest BCUT2D eigenvalue weighted by Crippen LogP contribution is -2.41. The largest absolute Gasteiger partial charge is 0.353 e. The number of H-pyrrole nitrogens is 1. The van der Waals surface area contributed by atoms with Gasteiger partial charge in [-0.3, -0.25) is 9.59 Å². The van der Waals surface area contributed by atoms with E-state index in [-0.39, 0.29) is 34.8 Å². The third kappa shape index (κ3) is 4.37. The van der Waals surface area contributed by atoms with Crippen molar-refractivity contribution in [1.82, 2.24) is 24.4 Å². The van der Waals surface area contributed by atoms with Crippen LogP contribution in [0.1, 0.15) is 35.7 Å². The highest BCUT2D eigenvalue weighted by Gasteiger charge is 2.28. The van der Waals surface area contributed by atoms with Gasteiger partial charge in [-0.05, 0) is 56.7 Å². The summed E-state index contributed by atoms with van der Waals surface area (Å²) < 4.78 is 25.2. The van der Waals surface area contributed by atoms with Gasteiger partial charge in [-0.1, -0.05) is 12.1 Å². The number of aromatic amines is 1. The summed E-state index contributed by atoms with van der Waals surface area (Å²) in [7, 11) is -3.37. The zero-order valence-electron chi connectivity index (χ0n) is 20.1. The van der Waals surface area contributed by atoms with Crippen molar-refractivity contribution in [1.29, 1.82) is 0 Å². The van der Waals surface area contributed by atoms with Gasteiger partial charge in [0.05, 0.1) is 33.9 Å². The van der Waals surface area contributed by atoms with Gasteiger partial charge in [0, 0.05) is 24.4 Å². The fourth-order valence-corrected chi connectivity index (χ4v) is 4.93. The standard InChI is InChI=1S/C25H26N6O4S/c1-15(2)26-25-29-21-14-30(24(33)22-27-19-6-4-5-7-20(19)28-22)13-12-18(21)23(32)31(25)16-8-10-17(11-9-16)36(3,34)35/h4-11,15H,12-14H2,1-3H3,(H,26,29)(H,27,28). The first-order valence-corrected chi connectivity index (χ1v) is 13.5. The van der Waals surface area contributed by atoms with Crippen molar-refractivity contribution in [3.05, 3.63) is 76.0 Å². The zero-order chi connectivity index (χ0) is 25.6. The number of imidazole rings is 1. The molecule has 10 nitrogen and oxygen atoms in total. The highest BCUT2D eigenvalue weighted by atomic mass is 32.2. The van der Waals surface area contributed by atoms with E-state index in [0.29, 0.717) is 41.4 Å². The summed E-state index contributed by atoms with van der Waals surface area (Å²) in [6.07, 6.45) is 1.48. The van der Waals surface area contributed by atoms with E-state index < -0.39 is 9.84 Å². The molecule has 4 aromatic rings. The van der Waals surface area contributed by atoms with Crippen LogP contribution < -0.4 is 10.9 Å². The zero-order valence-corrected chi connectivity index (χ0v) is 21.0. The Hall–Kier alpha value is -3.99. The molecule has 1 aliphatic heterocycles. The average molecular weight is 507 g/mol. The molecule has 0 aliphatic carbocycles. The molecule has 0 unspecified atom stereocenters. The van der Waals surface area contributed by atoms with E-state index in [1.54, 1.807) is 17.0 Å². The maximum atomic E-state index is 13.6. The Balaban J connectivity index is 1.52. The fourth-order valence-electron chi connectivity index (χ4n) is 4.30. The van der Waals surface area contributed by atoms with E-state index in [0.717, 1.165) is 11.8 Å². The second-order valence-corrected chi connectivity index (χ2v) is 11.2. The molecule has 0 spiro atoms.